The molecule has 1 nitrogen and oxygen atoms in total. The molecule has 0 unspecified atom stereocenters. The van der Waals surface area contributed by atoms with Crippen LogP contribution in [0.1, 0.15) is 16.7 Å². The zero-order valence-electron chi connectivity index (χ0n) is 7.45. The molecule has 0 fully saturated rings. The van der Waals surface area contributed by atoms with Crippen molar-refractivity contribution in [2.45, 2.75) is 19.6 Å². The Kier molecular flexibility index (Phi) is 3.41. The van der Waals surface area contributed by atoms with Crippen LogP contribution in [-0.2, 0) is 12.7 Å². The molecule has 1 aromatic rings. The van der Waals surface area contributed by atoms with Crippen LogP contribution in [-0.4, -0.2) is 0 Å². The number of aryl methyl sites for hydroxylation is 1. The Bertz CT molecular complexity index is 347. The van der Waals surface area contributed by atoms with Gasteiger partial charge in [-0.25, -0.2) is 0 Å². The molecule has 0 saturated heterocycles. The molecule has 1 rings (SSSR count). The molecular weight excluding hydrogens is 306 g/mol. The number of rotatable bonds is 1. The smallest absolute Gasteiger partial charge is 0.326 e. The second-order valence-corrected chi connectivity index (χ2v) is 4.14. The molecule has 78 valence electrons. The van der Waals surface area contributed by atoms with Gasteiger partial charge in [-0.1, -0.05) is 6.07 Å². The number of nitrogens with two attached hydrogens (primary N) is 1. The van der Waals surface area contributed by atoms with Gasteiger partial charge >= 0.3 is 6.18 Å². The summed E-state index contributed by atoms with van der Waals surface area (Å²) in [6, 6.07) is 2.98. The minimum absolute atomic E-state index is 0.0907. The van der Waals surface area contributed by atoms with E-state index in [1.54, 1.807) is 29.5 Å². The highest BCUT2D eigenvalue weighted by atomic mass is 127. The Balaban J connectivity index is 3.40. The summed E-state index contributed by atoms with van der Waals surface area (Å²) in [6.45, 7) is 1.66. The van der Waals surface area contributed by atoms with Gasteiger partial charge in [-0.15, -0.1) is 0 Å². The number of halogens is 4. The van der Waals surface area contributed by atoms with Gasteiger partial charge in [-0.05, 0) is 46.7 Å². The van der Waals surface area contributed by atoms with Crippen LogP contribution in [0.5, 0.6) is 0 Å². The molecule has 0 atom stereocenters. The molecule has 0 heterocycles. The second kappa shape index (κ2) is 4.06. The van der Waals surface area contributed by atoms with Gasteiger partial charge in [-0.2, -0.15) is 13.2 Å². The third-order valence-corrected chi connectivity index (χ3v) is 2.67. The summed E-state index contributed by atoms with van der Waals surface area (Å²) in [5, 5.41) is 0. The van der Waals surface area contributed by atoms with Gasteiger partial charge < -0.3 is 5.73 Å². The van der Waals surface area contributed by atoms with E-state index >= 15 is 0 Å². The molecule has 0 aliphatic carbocycles. The van der Waals surface area contributed by atoms with Crippen LogP contribution >= 0.6 is 22.6 Å². The van der Waals surface area contributed by atoms with Crippen LogP contribution in [0, 0.1) is 10.5 Å². The van der Waals surface area contributed by atoms with Crippen molar-refractivity contribution < 1.29 is 13.2 Å². The first-order valence-corrected chi connectivity index (χ1v) is 5.00. The van der Waals surface area contributed by atoms with E-state index in [1.807, 2.05) is 0 Å². The minimum Gasteiger partial charge on any atom is -0.326 e. The van der Waals surface area contributed by atoms with Crippen LogP contribution in [0.25, 0.3) is 0 Å². The molecule has 2 N–H and O–H groups in total. The van der Waals surface area contributed by atoms with E-state index < -0.39 is 11.7 Å². The number of hydrogen-bond donors (Lipinski definition) is 1. The van der Waals surface area contributed by atoms with Crippen molar-refractivity contribution in [3.63, 3.8) is 0 Å². The summed E-state index contributed by atoms with van der Waals surface area (Å²) in [6.07, 6.45) is -4.32. The lowest BCUT2D eigenvalue weighted by Crippen LogP contribution is -2.14. The Labute approximate surface area is 93.6 Å². The first-order chi connectivity index (χ1) is 6.36. The predicted molar refractivity (Wildman–Crippen MR) is 56.8 cm³/mol. The van der Waals surface area contributed by atoms with Crippen molar-refractivity contribution in [3.8, 4) is 0 Å². The maximum atomic E-state index is 12.6. The van der Waals surface area contributed by atoms with E-state index in [1.165, 1.54) is 12.1 Å². The first kappa shape index (κ1) is 11.8. The van der Waals surface area contributed by atoms with Crippen molar-refractivity contribution >= 4 is 22.6 Å². The summed E-state index contributed by atoms with van der Waals surface area (Å²) in [5.41, 5.74) is 5.63. The summed E-state index contributed by atoms with van der Waals surface area (Å²) in [5.74, 6) is 0. The van der Waals surface area contributed by atoms with Gasteiger partial charge in [-0.3, -0.25) is 0 Å². The lowest BCUT2D eigenvalue weighted by molar-refractivity contribution is -0.138. The highest BCUT2D eigenvalue weighted by molar-refractivity contribution is 14.1. The van der Waals surface area contributed by atoms with Gasteiger partial charge in [0.1, 0.15) is 0 Å². The summed E-state index contributed by atoms with van der Waals surface area (Å²) in [4.78, 5) is 0. The number of hydrogen-bond acceptors (Lipinski definition) is 1. The van der Waals surface area contributed by atoms with Crippen LogP contribution in [0.4, 0.5) is 13.2 Å². The molecule has 1 aromatic carbocycles. The fourth-order valence-corrected chi connectivity index (χ4v) is 2.44. The SMILES string of the molecule is Cc1cc(I)c(C(F)(F)F)c(CN)c1. The average molecular weight is 315 g/mol. The maximum Gasteiger partial charge on any atom is 0.417 e. The molecule has 0 radical (unpaired) electrons. The third-order valence-electron chi connectivity index (χ3n) is 1.82. The van der Waals surface area contributed by atoms with Crippen molar-refractivity contribution in [2.75, 3.05) is 0 Å². The highest BCUT2D eigenvalue weighted by Crippen LogP contribution is 2.35. The summed E-state index contributed by atoms with van der Waals surface area (Å²) < 4.78 is 37.9. The summed E-state index contributed by atoms with van der Waals surface area (Å²) in [7, 11) is 0. The van der Waals surface area contributed by atoms with E-state index in [0.717, 1.165) is 5.56 Å². The third kappa shape index (κ3) is 2.38. The van der Waals surface area contributed by atoms with Crippen molar-refractivity contribution in [2.24, 2.45) is 5.73 Å². The lowest BCUT2D eigenvalue weighted by Gasteiger charge is -2.14. The lowest BCUT2D eigenvalue weighted by atomic mass is 10.0. The maximum absolute atomic E-state index is 12.6. The van der Waals surface area contributed by atoms with Gasteiger partial charge in [0.15, 0.2) is 0 Å². The van der Waals surface area contributed by atoms with E-state index in [-0.39, 0.29) is 15.7 Å². The molecule has 0 aliphatic heterocycles. The Morgan fingerprint density at radius 2 is 1.93 bits per heavy atom. The van der Waals surface area contributed by atoms with E-state index in [4.69, 9.17) is 5.73 Å². The van der Waals surface area contributed by atoms with E-state index in [9.17, 15) is 13.2 Å². The van der Waals surface area contributed by atoms with Gasteiger partial charge in [0, 0.05) is 10.1 Å². The van der Waals surface area contributed by atoms with Gasteiger partial charge in [0.05, 0.1) is 5.56 Å². The minimum atomic E-state index is -4.32. The van der Waals surface area contributed by atoms with Crippen LogP contribution < -0.4 is 5.73 Å². The van der Waals surface area contributed by atoms with E-state index in [2.05, 4.69) is 0 Å². The topological polar surface area (TPSA) is 26.0 Å². The number of alkyl halides is 3. The summed E-state index contributed by atoms with van der Waals surface area (Å²) >= 11 is 1.68. The standard InChI is InChI=1S/C9H9F3IN/c1-5-2-6(4-14)8(7(13)3-5)9(10,11)12/h2-3H,4,14H2,1H3. The Hall–Kier alpha value is -0.300. The Morgan fingerprint density at radius 1 is 1.36 bits per heavy atom. The first-order valence-electron chi connectivity index (χ1n) is 3.92. The molecule has 0 aliphatic rings. The molecular formula is C9H9F3IN. The normalized spacial score (nSPS) is 11.9. The van der Waals surface area contributed by atoms with E-state index in [0.29, 0.717) is 0 Å². The van der Waals surface area contributed by atoms with Crippen LogP contribution in [0.15, 0.2) is 12.1 Å². The predicted octanol–water partition coefficient (Wildman–Crippen LogP) is 3.08. The van der Waals surface area contributed by atoms with Gasteiger partial charge in [0.2, 0.25) is 0 Å². The zero-order valence-corrected chi connectivity index (χ0v) is 9.61. The molecule has 5 heteroatoms. The largest absolute Gasteiger partial charge is 0.417 e. The van der Waals surface area contributed by atoms with Gasteiger partial charge in [0.25, 0.3) is 0 Å². The molecule has 14 heavy (non-hydrogen) atoms. The molecule has 0 saturated carbocycles. The monoisotopic (exact) mass is 315 g/mol. The van der Waals surface area contributed by atoms with Crippen molar-refractivity contribution in [1.82, 2.24) is 0 Å². The molecule has 0 spiro atoms. The zero-order chi connectivity index (χ0) is 10.9. The van der Waals surface area contributed by atoms with Crippen molar-refractivity contribution in [3.05, 3.63) is 32.4 Å². The molecule has 0 amide bonds. The quantitative estimate of drug-likeness (QED) is 0.792. The second-order valence-electron chi connectivity index (χ2n) is 2.98. The van der Waals surface area contributed by atoms with Crippen LogP contribution in [0.3, 0.4) is 0 Å². The average Bonchev–Trinajstić information content (AvgIpc) is 1.99. The highest BCUT2D eigenvalue weighted by Gasteiger charge is 2.35. The molecule has 0 bridgehead atoms. The number of benzene rings is 1. The van der Waals surface area contributed by atoms with Crippen LogP contribution in [0.2, 0.25) is 0 Å². The fraction of sp³-hybridized carbons (Fsp3) is 0.333. The molecule has 0 aromatic heterocycles. The van der Waals surface area contributed by atoms with Crippen molar-refractivity contribution in [1.29, 1.82) is 0 Å². The Morgan fingerprint density at radius 3 is 2.36 bits per heavy atom. The fourth-order valence-electron chi connectivity index (χ4n) is 1.29.